The van der Waals surface area contributed by atoms with E-state index in [0.717, 1.165) is 29.2 Å². The highest BCUT2D eigenvalue weighted by Gasteiger charge is 2.28. The molecule has 1 fully saturated rings. The summed E-state index contributed by atoms with van der Waals surface area (Å²) in [5.41, 5.74) is 12.6. The summed E-state index contributed by atoms with van der Waals surface area (Å²) < 4.78 is 0. The zero-order valence-electron chi connectivity index (χ0n) is 11.3. The summed E-state index contributed by atoms with van der Waals surface area (Å²) in [5.74, 6) is -0.296. The van der Waals surface area contributed by atoms with E-state index in [1.807, 2.05) is 18.2 Å². The molecule has 0 saturated heterocycles. The quantitative estimate of drug-likeness (QED) is 0.503. The first-order valence-corrected chi connectivity index (χ1v) is 6.68. The van der Waals surface area contributed by atoms with E-state index in [2.05, 4.69) is 9.84 Å². The largest absolute Gasteiger partial charge is 0.370 e. The third-order valence-corrected chi connectivity index (χ3v) is 3.62. The zero-order chi connectivity index (χ0) is 15.0. The molecule has 1 aliphatic carbocycles. The standard InChI is InChI=1S/C16H14N4O/c1-19-13-7-6-9-2-5-11(15(21)20-16(17)18)8-12(9)14(13)10-3-4-10/h2,5-8,10H,3-4H2,(H4,17,18,20,21). The Kier molecular flexibility index (Phi) is 3.07. The van der Waals surface area contributed by atoms with Gasteiger partial charge < -0.3 is 11.5 Å². The van der Waals surface area contributed by atoms with Crippen molar-refractivity contribution in [2.75, 3.05) is 0 Å². The molecule has 5 heteroatoms. The summed E-state index contributed by atoms with van der Waals surface area (Å²) in [6, 6.07) is 9.10. The summed E-state index contributed by atoms with van der Waals surface area (Å²) in [5, 5.41) is 1.97. The number of fused-ring (bicyclic) bond motifs is 1. The lowest BCUT2D eigenvalue weighted by Gasteiger charge is -2.09. The molecule has 0 radical (unpaired) electrons. The lowest BCUT2D eigenvalue weighted by atomic mass is 9.97. The highest BCUT2D eigenvalue weighted by molar-refractivity contribution is 6.05. The van der Waals surface area contributed by atoms with Gasteiger partial charge in [-0.1, -0.05) is 18.2 Å². The van der Waals surface area contributed by atoms with Gasteiger partial charge in [0.25, 0.3) is 5.91 Å². The number of nitrogens with two attached hydrogens (primary N) is 2. The fourth-order valence-corrected chi connectivity index (χ4v) is 2.54. The van der Waals surface area contributed by atoms with Crippen molar-refractivity contribution in [1.82, 2.24) is 0 Å². The van der Waals surface area contributed by atoms with Gasteiger partial charge in [0.15, 0.2) is 11.6 Å². The lowest BCUT2D eigenvalue weighted by molar-refractivity contribution is 0.100. The number of carbonyl (C=O) groups excluding carboxylic acids is 1. The number of amides is 1. The van der Waals surface area contributed by atoms with Crippen LogP contribution < -0.4 is 11.5 Å². The fraction of sp³-hybridized carbons (Fsp3) is 0.188. The molecule has 2 aromatic carbocycles. The molecule has 104 valence electrons. The SMILES string of the molecule is [C-]#[N+]c1ccc2ccc(C(=O)N=C(N)N)cc2c1C1CC1. The van der Waals surface area contributed by atoms with Crippen LogP contribution in [-0.4, -0.2) is 11.9 Å². The molecule has 4 N–H and O–H groups in total. The number of aliphatic imine (C=N–C) groups is 1. The van der Waals surface area contributed by atoms with Crippen molar-refractivity contribution in [2.24, 2.45) is 16.5 Å². The average molecular weight is 278 g/mol. The van der Waals surface area contributed by atoms with Gasteiger partial charge in [-0.3, -0.25) is 4.79 Å². The van der Waals surface area contributed by atoms with Gasteiger partial charge in [-0.2, -0.15) is 4.99 Å². The lowest BCUT2D eigenvalue weighted by Crippen LogP contribution is -2.24. The average Bonchev–Trinajstić information content (AvgIpc) is 3.29. The molecule has 3 rings (SSSR count). The smallest absolute Gasteiger partial charge is 0.280 e. The Morgan fingerprint density at radius 3 is 2.57 bits per heavy atom. The van der Waals surface area contributed by atoms with Crippen molar-refractivity contribution in [1.29, 1.82) is 0 Å². The van der Waals surface area contributed by atoms with Crippen molar-refractivity contribution < 1.29 is 4.79 Å². The summed E-state index contributed by atoms with van der Waals surface area (Å²) in [7, 11) is 0. The maximum Gasteiger partial charge on any atom is 0.280 e. The van der Waals surface area contributed by atoms with Crippen molar-refractivity contribution in [3.63, 3.8) is 0 Å². The molecule has 1 aliphatic rings. The number of carbonyl (C=O) groups is 1. The van der Waals surface area contributed by atoms with Crippen molar-refractivity contribution in [2.45, 2.75) is 18.8 Å². The number of hydrogen-bond donors (Lipinski definition) is 2. The minimum absolute atomic E-state index is 0.252. The Balaban J connectivity index is 2.20. The molecular weight excluding hydrogens is 264 g/mol. The predicted molar refractivity (Wildman–Crippen MR) is 82.3 cm³/mol. The van der Waals surface area contributed by atoms with Gasteiger partial charge in [0.1, 0.15) is 0 Å². The van der Waals surface area contributed by atoms with Crippen LogP contribution in [0, 0.1) is 6.57 Å². The molecule has 21 heavy (non-hydrogen) atoms. The van der Waals surface area contributed by atoms with Crippen LogP contribution in [0.1, 0.15) is 34.7 Å². The summed E-state index contributed by atoms with van der Waals surface area (Å²) in [6.07, 6.45) is 2.18. The maximum atomic E-state index is 11.9. The minimum atomic E-state index is -0.466. The van der Waals surface area contributed by atoms with E-state index in [0.29, 0.717) is 17.2 Å². The van der Waals surface area contributed by atoms with E-state index in [9.17, 15) is 4.79 Å². The normalized spacial score (nSPS) is 13.7. The highest BCUT2D eigenvalue weighted by atomic mass is 16.1. The molecule has 1 amide bonds. The van der Waals surface area contributed by atoms with Gasteiger partial charge in [-0.05, 0) is 47.2 Å². The number of rotatable bonds is 2. The number of hydrogen-bond acceptors (Lipinski definition) is 1. The molecule has 0 aliphatic heterocycles. The van der Waals surface area contributed by atoms with E-state index < -0.39 is 5.91 Å². The highest BCUT2D eigenvalue weighted by Crippen LogP contribution is 2.47. The van der Waals surface area contributed by atoms with Gasteiger partial charge in [-0.15, -0.1) is 0 Å². The molecule has 2 aromatic rings. The number of benzene rings is 2. The Morgan fingerprint density at radius 2 is 1.95 bits per heavy atom. The third kappa shape index (κ3) is 2.43. The van der Waals surface area contributed by atoms with Gasteiger partial charge in [0.05, 0.1) is 6.57 Å². The van der Waals surface area contributed by atoms with E-state index in [4.69, 9.17) is 18.0 Å². The molecule has 5 nitrogen and oxygen atoms in total. The molecule has 0 bridgehead atoms. The summed E-state index contributed by atoms with van der Waals surface area (Å²) >= 11 is 0. The van der Waals surface area contributed by atoms with Crippen LogP contribution in [0.4, 0.5) is 5.69 Å². The van der Waals surface area contributed by atoms with Crippen LogP contribution >= 0.6 is 0 Å². The third-order valence-electron chi connectivity index (χ3n) is 3.62. The van der Waals surface area contributed by atoms with E-state index in [1.54, 1.807) is 12.1 Å². The number of guanidine groups is 1. The van der Waals surface area contributed by atoms with Crippen LogP contribution in [0.15, 0.2) is 35.3 Å². The van der Waals surface area contributed by atoms with E-state index in [1.165, 1.54) is 0 Å². The zero-order valence-corrected chi connectivity index (χ0v) is 11.3. The van der Waals surface area contributed by atoms with Crippen LogP contribution in [-0.2, 0) is 0 Å². The van der Waals surface area contributed by atoms with Crippen LogP contribution in [0.2, 0.25) is 0 Å². The summed E-state index contributed by atoms with van der Waals surface area (Å²) in [6.45, 7) is 7.31. The van der Waals surface area contributed by atoms with Crippen LogP contribution in [0.25, 0.3) is 15.6 Å². The Labute approximate surface area is 122 Å². The molecular formula is C16H14N4O. The van der Waals surface area contributed by atoms with Crippen molar-refractivity contribution >= 4 is 28.3 Å². The maximum absolute atomic E-state index is 11.9. The topological polar surface area (TPSA) is 85.8 Å². The van der Waals surface area contributed by atoms with Gasteiger partial charge >= 0.3 is 0 Å². The second kappa shape index (κ2) is 4.91. The van der Waals surface area contributed by atoms with Crippen molar-refractivity contribution in [3.8, 4) is 0 Å². The number of nitrogens with zero attached hydrogens (tertiary/aromatic N) is 2. The van der Waals surface area contributed by atoms with Crippen LogP contribution in [0.3, 0.4) is 0 Å². The minimum Gasteiger partial charge on any atom is -0.370 e. The molecule has 0 heterocycles. The van der Waals surface area contributed by atoms with Gasteiger partial charge in [-0.25, -0.2) is 4.85 Å². The summed E-state index contributed by atoms with van der Waals surface area (Å²) in [4.78, 5) is 19.1. The van der Waals surface area contributed by atoms with Gasteiger partial charge in [0.2, 0.25) is 0 Å². The molecule has 0 unspecified atom stereocenters. The van der Waals surface area contributed by atoms with Gasteiger partial charge in [0, 0.05) is 5.56 Å². The second-order valence-electron chi connectivity index (χ2n) is 5.16. The Hall–Kier alpha value is -2.87. The monoisotopic (exact) mass is 278 g/mol. The Morgan fingerprint density at radius 1 is 1.24 bits per heavy atom. The first-order chi connectivity index (χ1) is 10.1. The van der Waals surface area contributed by atoms with Crippen LogP contribution in [0.5, 0.6) is 0 Å². The second-order valence-corrected chi connectivity index (χ2v) is 5.16. The van der Waals surface area contributed by atoms with Crippen molar-refractivity contribution in [3.05, 3.63) is 52.9 Å². The first-order valence-electron chi connectivity index (χ1n) is 6.68. The molecule has 0 spiro atoms. The van der Waals surface area contributed by atoms with E-state index in [-0.39, 0.29) is 5.96 Å². The fourth-order valence-electron chi connectivity index (χ4n) is 2.54. The Bertz CT molecular complexity index is 809. The predicted octanol–water partition coefficient (Wildman–Crippen LogP) is 2.68. The van der Waals surface area contributed by atoms with E-state index >= 15 is 0 Å². The molecule has 0 aromatic heterocycles. The first kappa shape index (κ1) is 13.1. The molecule has 1 saturated carbocycles. The molecule has 0 atom stereocenters.